The molecule has 0 saturated carbocycles. The molecule has 1 unspecified atom stereocenters. The molecule has 4 aromatic rings. The maximum Gasteiger partial charge on any atom is 0.292 e. The Morgan fingerprint density at radius 3 is 2.45 bits per heavy atom. The highest BCUT2D eigenvalue weighted by Gasteiger charge is 2.16. The first-order valence-corrected chi connectivity index (χ1v) is 9.56. The van der Waals surface area contributed by atoms with Crippen LogP contribution in [0.3, 0.4) is 0 Å². The Bertz CT molecular complexity index is 1190. The van der Waals surface area contributed by atoms with E-state index in [1.165, 1.54) is 10.9 Å². The summed E-state index contributed by atoms with van der Waals surface area (Å²) < 4.78 is 2.91. The molecule has 0 saturated heterocycles. The van der Waals surface area contributed by atoms with Crippen molar-refractivity contribution in [1.82, 2.24) is 24.8 Å². The van der Waals surface area contributed by atoms with Gasteiger partial charge < -0.3 is 5.32 Å². The highest BCUT2D eigenvalue weighted by molar-refractivity contribution is 6.33. The zero-order valence-corrected chi connectivity index (χ0v) is 16.8. The maximum absolute atomic E-state index is 12.6. The van der Waals surface area contributed by atoms with Crippen LogP contribution >= 0.6 is 23.2 Å². The van der Waals surface area contributed by atoms with Crippen LogP contribution < -0.4 is 10.9 Å². The van der Waals surface area contributed by atoms with Gasteiger partial charge in [-0.1, -0.05) is 46.6 Å². The summed E-state index contributed by atoms with van der Waals surface area (Å²) in [6, 6.07) is 16.2. The largest absolute Gasteiger partial charge is 0.374 e. The molecule has 0 spiro atoms. The number of hydrogen-bond acceptors (Lipinski definition) is 5. The van der Waals surface area contributed by atoms with Crippen LogP contribution in [0.25, 0.3) is 11.4 Å². The summed E-state index contributed by atoms with van der Waals surface area (Å²) in [7, 11) is 0. The van der Waals surface area contributed by atoms with Gasteiger partial charge in [0.2, 0.25) is 0 Å². The fraction of sp³-hybridized carbons (Fsp3) is 0.100. The third-order valence-electron chi connectivity index (χ3n) is 4.34. The van der Waals surface area contributed by atoms with E-state index in [2.05, 4.69) is 20.7 Å². The molecule has 0 amide bonds. The molecule has 29 heavy (non-hydrogen) atoms. The van der Waals surface area contributed by atoms with E-state index in [0.29, 0.717) is 22.1 Å². The van der Waals surface area contributed by atoms with Gasteiger partial charge in [-0.25, -0.2) is 4.68 Å². The lowest BCUT2D eigenvalue weighted by Gasteiger charge is -2.14. The first-order valence-electron chi connectivity index (χ1n) is 8.81. The number of para-hydroxylation sites is 1. The number of halogens is 2. The first kappa shape index (κ1) is 19.2. The molecule has 0 aliphatic rings. The van der Waals surface area contributed by atoms with E-state index in [0.717, 1.165) is 5.69 Å². The molecule has 146 valence electrons. The minimum Gasteiger partial charge on any atom is -0.374 e. The van der Waals surface area contributed by atoms with Crippen LogP contribution in [0.4, 0.5) is 5.69 Å². The fourth-order valence-corrected chi connectivity index (χ4v) is 3.10. The quantitative estimate of drug-likeness (QED) is 0.514. The average molecular weight is 427 g/mol. The van der Waals surface area contributed by atoms with Gasteiger partial charge in [-0.3, -0.25) is 4.79 Å². The number of aromatic nitrogens is 5. The van der Waals surface area contributed by atoms with Gasteiger partial charge in [0.15, 0.2) is 0 Å². The van der Waals surface area contributed by atoms with Crippen molar-refractivity contribution in [2.45, 2.75) is 13.0 Å². The molecule has 1 atom stereocenters. The number of anilines is 1. The van der Waals surface area contributed by atoms with Crippen LogP contribution in [-0.2, 0) is 0 Å². The molecule has 0 radical (unpaired) electrons. The molecule has 2 heterocycles. The summed E-state index contributed by atoms with van der Waals surface area (Å²) in [5.74, 6) is 0. The molecule has 0 aliphatic heterocycles. The SMILES string of the molecule is CC(Nc1cnn(-c2ccc(Cl)cc2)c(=O)c1Cl)c1cn(-c2ccccc2)nn1. The topological polar surface area (TPSA) is 77.6 Å². The van der Waals surface area contributed by atoms with Gasteiger partial charge in [-0.15, -0.1) is 5.10 Å². The zero-order chi connectivity index (χ0) is 20.4. The van der Waals surface area contributed by atoms with Gasteiger partial charge in [-0.2, -0.15) is 9.78 Å². The second-order valence-corrected chi connectivity index (χ2v) is 7.17. The molecule has 1 N–H and O–H groups in total. The van der Waals surface area contributed by atoms with Crippen molar-refractivity contribution in [3.63, 3.8) is 0 Å². The average Bonchev–Trinajstić information content (AvgIpc) is 3.24. The molecule has 7 nitrogen and oxygen atoms in total. The highest BCUT2D eigenvalue weighted by atomic mass is 35.5. The summed E-state index contributed by atoms with van der Waals surface area (Å²) in [4.78, 5) is 12.6. The fourth-order valence-electron chi connectivity index (χ4n) is 2.79. The number of rotatable bonds is 5. The predicted octanol–water partition coefficient (Wildman–Crippen LogP) is 4.29. The number of nitrogens with one attached hydrogen (secondary N) is 1. The summed E-state index contributed by atoms with van der Waals surface area (Å²) in [6.07, 6.45) is 3.33. The van der Waals surface area contributed by atoms with Gasteiger partial charge in [0, 0.05) is 5.02 Å². The Hall–Kier alpha value is -3.16. The predicted molar refractivity (Wildman–Crippen MR) is 113 cm³/mol. The molecule has 2 aromatic carbocycles. The third kappa shape index (κ3) is 4.01. The monoisotopic (exact) mass is 426 g/mol. The highest BCUT2D eigenvalue weighted by Crippen LogP contribution is 2.23. The smallest absolute Gasteiger partial charge is 0.292 e. The number of benzene rings is 2. The number of hydrogen-bond donors (Lipinski definition) is 1. The standard InChI is InChI=1S/C20H16Cl2N6O/c1-13(18-12-27(26-25-18)15-5-3-2-4-6-15)24-17-11-23-28(20(29)19(17)22)16-9-7-14(21)8-10-16/h2-13,24H,1H3. The van der Waals surface area contributed by atoms with Crippen molar-refractivity contribution < 1.29 is 0 Å². The Labute approximate surface area is 176 Å². The van der Waals surface area contributed by atoms with Crippen LogP contribution in [0.1, 0.15) is 18.7 Å². The zero-order valence-electron chi connectivity index (χ0n) is 15.3. The Morgan fingerprint density at radius 1 is 1.00 bits per heavy atom. The van der Waals surface area contributed by atoms with Crippen LogP contribution in [0, 0.1) is 0 Å². The first-order chi connectivity index (χ1) is 14.0. The summed E-state index contributed by atoms with van der Waals surface area (Å²) >= 11 is 12.2. The molecule has 2 aromatic heterocycles. The summed E-state index contributed by atoms with van der Waals surface area (Å²) in [6.45, 7) is 1.90. The van der Waals surface area contributed by atoms with E-state index in [1.54, 1.807) is 28.9 Å². The van der Waals surface area contributed by atoms with E-state index < -0.39 is 5.56 Å². The minimum absolute atomic E-state index is 0.0391. The van der Waals surface area contributed by atoms with Gasteiger partial charge in [0.25, 0.3) is 5.56 Å². The van der Waals surface area contributed by atoms with Crippen molar-refractivity contribution in [1.29, 1.82) is 0 Å². The second-order valence-electron chi connectivity index (χ2n) is 6.36. The number of nitrogens with zero attached hydrogens (tertiary/aromatic N) is 5. The third-order valence-corrected chi connectivity index (χ3v) is 4.95. The normalized spacial score (nSPS) is 12.0. The van der Waals surface area contributed by atoms with E-state index in [1.807, 2.05) is 43.5 Å². The van der Waals surface area contributed by atoms with Gasteiger partial charge >= 0.3 is 0 Å². The molecular formula is C20H16Cl2N6O. The van der Waals surface area contributed by atoms with Gasteiger partial charge in [0.1, 0.15) is 10.7 Å². The maximum atomic E-state index is 12.6. The lowest BCUT2D eigenvalue weighted by molar-refractivity contribution is 0.775. The van der Waals surface area contributed by atoms with Crippen molar-refractivity contribution in [3.05, 3.63) is 93.1 Å². The van der Waals surface area contributed by atoms with Crippen LogP contribution in [0.15, 0.2) is 71.8 Å². The lowest BCUT2D eigenvalue weighted by atomic mass is 10.2. The van der Waals surface area contributed by atoms with Crippen molar-refractivity contribution in [2.24, 2.45) is 0 Å². The van der Waals surface area contributed by atoms with E-state index in [-0.39, 0.29) is 11.1 Å². The van der Waals surface area contributed by atoms with Gasteiger partial charge in [0.05, 0.1) is 35.5 Å². The van der Waals surface area contributed by atoms with Crippen LogP contribution in [-0.4, -0.2) is 24.8 Å². The van der Waals surface area contributed by atoms with E-state index in [9.17, 15) is 4.79 Å². The molecule has 0 aliphatic carbocycles. The van der Waals surface area contributed by atoms with Crippen molar-refractivity contribution in [2.75, 3.05) is 5.32 Å². The van der Waals surface area contributed by atoms with Crippen molar-refractivity contribution in [3.8, 4) is 11.4 Å². The molecule has 9 heteroatoms. The van der Waals surface area contributed by atoms with Gasteiger partial charge in [-0.05, 0) is 43.3 Å². The van der Waals surface area contributed by atoms with Crippen LogP contribution in [0.5, 0.6) is 0 Å². The molecular weight excluding hydrogens is 411 g/mol. The molecule has 0 fully saturated rings. The Balaban J connectivity index is 1.57. The van der Waals surface area contributed by atoms with Crippen molar-refractivity contribution >= 4 is 28.9 Å². The summed E-state index contributed by atoms with van der Waals surface area (Å²) in [5, 5.41) is 16.4. The Morgan fingerprint density at radius 2 is 1.72 bits per heavy atom. The van der Waals surface area contributed by atoms with E-state index >= 15 is 0 Å². The molecule has 0 bridgehead atoms. The lowest BCUT2D eigenvalue weighted by Crippen LogP contribution is -2.23. The minimum atomic E-state index is -0.431. The van der Waals surface area contributed by atoms with Crippen LogP contribution in [0.2, 0.25) is 10.0 Å². The Kier molecular flexibility index (Phi) is 5.33. The second kappa shape index (κ2) is 8.06. The van der Waals surface area contributed by atoms with E-state index in [4.69, 9.17) is 23.2 Å². The summed E-state index contributed by atoms with van der Waals surface area (Å²) in [5.41, 5.74) is 2.17. The molecule has 4 rings (SSSR count).